The van der Waals surface area contributed by atoms with Gasteiger partial charge in [0.25, 0.3) is 5.91 Å². The van der Waals surface area contributed by atoms with E-state index in [2.05, 4.69) is 19.9 Å². The van der Waals surface area contributed by atoms with Crippen molar-refractivity contribution >= 4 is 23.4 Å². The molecule has 0 aliphatic carbocycles. The fourth-order valence-electron chi connectivity index (χ4n) is 6.18. The van der Waals surface area contributed by atoms with E-state index < -0.39 is 12.0 Å². The van der Waals surface area contributed by atoms with Crippen molar-refractivity contribution in [2.75, 3.05) is 57.3 Å². The highest BCUT2D eigenvalue weighted by Crippen LogP contribution is 2.28. The van der Waals surface area contributed by atoms with E-state index in [1.165, 1.54) is 0 Å². The first kappa shape index (κ1) is 27.0. The maximum absolute atomic E-state index is 12.7. The topological polar surface area (TPSA) is 126 Å². The lowest BCUT2D eigenvalue weighted by Gasteiger charge is -2.44. The largest absolute Gasteiger partial charge is 0.480 e. The molecule has 2 aromatic carbocycles. The number of aliphatic carboxylic acids is 1. The summed E-state index contributed by atoms with van der Waals surface area (Å²) < 4.78 is 0. The molecule has 4 N–H and O–H groups in total. The number of carbonyl (C=O) groups excluding carboxylic acids is 1. The average Bonchev–Trinajstić information content (AvgIpc) is 3.53. The first-order valence-corrected chi connectivity index (χ1v) is 13.9. The third kappa shape index (κ3) is 6.02. The lowest BCUT2D eigenvalue weighted by molar-refractivity contribution is -0.144. The Hall–Kier alpha value is -3.63. The number of rotatable bonds is 7. The van der Waals surface area contributed by atoms with Gasteiger partial charge >= 0.3 is 5.97 Å². The SMILES string of the molecule is N/C(=N/O)c1ccc(N2CCN(C3CCN(C(C(=O)O)c4ccc(C(=O)N5CCCC5)cc4)CC3)CC2)cc1. The van der Waals surface area contributed by atoms with Crippen LogP contribution < -0.4 is 10.6 Å². The van der Waals surface area contributed by atoms with E-state index in [9.17, 15) is 14.7 Å². The van der Waals surface area contributed by atoms with E-state index in [1.54, 1.807) is 12.1 Å². The minimum Gasteiger partial charge on any atom is -0.480 e. The standard InChI is InChI=1S/C29H38N6O4/c30-27(31-39)22-7-9-24(10-8-22)32-17-19-33(20-18-32)25-11-15-34(16-12-25)26(29(37)38)21-3-5-23(6-4-21)28(36)35-13-1-2-14-35/h3-10,25-26,39H,1-2,11-20H2,(H2,30,31)(H,37,38). The van der Waals surface area contributed by atoms with Crippen molar-refractivity contribution in [3.8, 4) is 0 Å². The van der Waals surface area contributed by atoms with Gasteiger partial charge in [-0.05, 0) is 67.6 Å². The fourth-order valence-corrected chi connectivity index (χ4v) is 6.18. The Morgan fingerprint density at radius 1 is 0.821 bits per heavy atom. The number of piperazine rings is 1. The number of carbonyl (C=O) groups is 2. The molecular weight excluding hydrogens is 496 g/mol. The average molecular weight is 535 g/mol. The summed E-state index contributed by atoms with van der Waals surface area (Å²) in [5.41, 5.74) is 8.84. The number of benzene rings is 2. The van der Waals surface area contributed by atoms with Crippen molar-refractivity contribution in [1.29, 1.82) is 0 Å². The summed E-state index contributed by atoms with van der Waals surface area (Å²) >= 11 is 0. The van der Waals surface area contributed by atoms with Crippen LogP contribution in [0.1, 0.15) is 53.2 Å². The summed E-state index contributed by atoms with van der Waals surface area (Å²) in [4.78, 5) is 33.8. The van der Waals surface area contributed by atoms with Gasteiger partial charge in [-0.15, -0.1) is 0 Å². The van der Waals surface area contributed by atoms with E-state index in [4.69, 9.17) is 10.9 Å². The molecule has 2 aromatic rings. The molecule has 10 nitrogen and oxygen atoms in total. The Balaban J connectivity index is 1.14. The van der Waals surface area contributed by atoms with Crippen LogP contribution in [0.5, 0.6) is 0 Å². The molecule has 3 aliphatic rings. The molecule has 3 heterocycles. The number of anilines is 1. The van der Waals surface area contributed by atoms with Crippen LogP contribution in [0.2, 0.25) is 0 Å². The lowest BCUT2D eigenvalue weighted by atomic mass is 9.97. The van der Waals surface area contributed by atoms with Gasteiger partial charge in [-0.2, -0.15) is 0 Å². The molecule has 39 heavy (non-hydrogen) atoms. The van der Waals surface area contributed by atoms with Crippen LogP contribution in [0.15, 0.2) is 53.7 Å². The summed E-state index contributed by atoms with van der Waals surface area (Å²) in [6.45, 7) is 6.81. The van der Waals surface area contributed by atoms with Gasteiger partial charge in [0, 0.05) is 75.2 Å². The van der Waals surface area contributed by atoms with Gasteiger partial charge in [-0.3, -0.25) is 19.4 Å². The number of carboxylic acids is 1. The normalized spacial score (nSPS) is 20.8. The Bertz CT molecular complexity index is 1160. The molecule has 0 saturated carbocycles. The molecule has 5 rings (SSSR count). The Morgan fingerprint density at radius 2 is 1.41 bits per heavy atom. The molecule has 1 amide bonds. The smallest absolute Gasteiger partial charge is 0.325 e. The Morgan fingerprint density at radius 3 is 1.97 bits per heavy atom. The second-order valence-corrected chi connectivity index (χ2v) is 10.7. The van der Waals surface area contributed by atoms with Crippen molar-refractivity contribution in [2.24, 2.45) is 10.9 Å². The highest BCUT2D eigenvalue weighted by Gasteiger charge is 2.34. The van der Waals surface area contributed by atoms with Crippen LogP contribution in [-0.2, 0) is 4.79 Å². The van der Waals surface area contributed by atoms with Crippen LogP contribution in [0.3, 0.4) is 0 Å². The van der Waals surface area contributed by atoms with E-state index >= 15 is 0 Å². The minimum atomic E-state index is -0.848. The molecule has 1 unspecified atom stereocenters. The summed E-state index contributed by atoms with van der Waals surface area (Å²) in [6, 6.07) is 14.7. The number of nitrogens with zero attached hydrogens (tertiary/aromatic N) is 5. The number of hydrogen-bond donors (Lipinski definition) is 3. The summed E-state index contributed by atoms with van der Waals surface area (Å²) in [5.74, 6) is -0.712. The maximum Gasteiger partial charge on any atom is 0.325 e. The minimum absolute atomic E-state index is 0.0321. The van der Waals surface area contributed by atoms with Gasteiger partial charge in [0.2, 0.25) is 0 Å². The number of oxime groups is 1. The van der Waals surface area contributed by atoms with Gasteiger partial charge < -0.3 is 25.8 Å². The van der Waals surface area contributed by atoms with E-state index in [1.807, 2.05) is 41.3 Å². The van der Waals surface area contributed by atoms with Crippen LogP contribution in [0.25, 0.3) is 0 Å². The number of amidine groups is 1. The first-order valence-electron chi connectivity index (χ1n) is 13.9. The van der Waals surface area contributed by atoms with Crippen molar-refractivity contribution in [3.05, 3.63) is 65.2 Å². The molecular formula is C29H38N6O4. The number of likely N-dealkylation sites (tertiary alicyclic amines) is 2. The predicted molar refractivity (Wildman–Crippen MR) is 149 cm³/mol. The molecule has 208 valence electrons. The van der Waals surface area contributed by atoms with Crippen molar-refractivity contribution in [2.45, 2.75) is 37.8 Å². The number of hydrogen-bond acceptors (Lipinski definition) is 7. The van der Waals surface area contributed by atoms with Gasteiger partial charge in [0.15, 0.2) is 5.84 Å². The quantitative estimate of drug-likeness (QED) is 0.214. The van der Waals surface area contributed by atoms with E-state index in [0.29, 0.717) is 17.2 Å². The lowest BCUT2D eigenvalue weighted by Crippen LogP contribution is -2.54. The fraction of sp³-hybridized carbons (Fsp3) is 0.483. The number of carboxylic acid groups (broad SMARTS) is 1. The molecule has 1 atom stereocenters. The van der Waals surface area contributed by atoms with Crippen LogP contribution in [0, 0.1) is 0 Å². The zero-order chi connectivity index (χ0) is 27.4. The number of nitrogens with two attached hydrogens (primary N) is 1. The molecule has 10 heteroatoms. The Labute approximate surface area is 229 Å². The summed E-state index contributed by atoms with van der Waals surface area (Å²) in [6.07, 6.45) is 3.96. The van der Waals surface area contributed by atoms with Crippen molar-refractivity contribution in [3.63, 3.8) is 0 Å². The van der Waals surface area contributed by atoms with Crippen molar-refractivity contribution < 1.29 is 19.9 Å². The van der Waals surface area contributed by atoms with Gasteiger partial charge in [-0.1, -0.05) is 17.3 Å². The Kier molecular flexibility index (Phi) is 8.33. The third-order valence-corrected chi connectivity index (χ3v) is 8.43. The highest BCUT2D eigenvalue weighted by molar-refractivity contribution is 5.97. The predicted octanol–water partition coefficient (Wildman–Crippen LogP) is 2.43. The molecule has 3 fully saturated rings. The first-order chi connectivity index (χ1) is 18.9. The summed E-state index contributed by atoms with van der Waals surface area (Å²) in [7, 11) is 0. The third-order valence-electron chi connectivity index (χ3n) is 8.43. The highest BCUT2D eigenvalue weighted by atomic mass is 16.4. The van der Waals surface area contributed by atoms with Crippen LogP contribution in [0.4, 0.5) is 5.69 Å². The maximum atomic E-state index is 12.7. The summed E-state index contributed by atoms with van der Waals surface area (Å²) in [5, 5.41) is 22.0. The molecule has 0 aromatic heterocycles. The molecule has 0 bridgehead atoms. The van der Waals surface area contributed by atoms with Gasteiger partial charge in [0.05, 0.1) is 0 Å². The second-order valence-electron chi connectivity index (χ2n) is 10.7. The van der Waals surface area contributed by atoms with Crippen molar-refractivity contribution in [1.82, 2.24) is 14.7 Å². The van der Waals surface area contributed by atoms with Gasteiger partial charge in [0.1, 0.15) is 6.04 Å². The molecule has 0 spiro atoms. The number of amides is 1. The zero-order valence-corrected chi connectivity index (χ0v) is 22.3. The molecule has 3 aliphatic heterocycles. The molecule has 3 saturated heterocycles. The molecule has 0 radical (unpaired) electrons. The van der Waals surface area contributed by atoms with E-state index in [0.717, 1.165) is 89.3 Å². The number of piperidine rings is 1. The van der Waals surface area contributed by atoms with Crippen LogP contribution in [-0.4, -0.2) is 101 Å². The van der Waals surface area contributed by atoms with Crippen LogP contribution >= 0.6 is 0 Å². The van der Waals surface area contributed by atoms with Gasteiger partial charge in [-0.25, -0.2) is 0 Å². The zero-order valence-electron chi connectivity index (χ0n) is 22.3. The monoisotopic (exact) mass is 534 g/mol. The second kappa shape index (κ2) is 12.0. The van der Waals surface area contributed by atoms with E-state index in [-0.39, 0.29) is 11.7 Å².